The number of phosphoric ester groups is 1. The number of quaternary nitrogens is 1. The van der Waals surface area contributed by atoms with Gasteiger partial charge in [-0.1, -0.05) is 184 Å². The fourth-order valence-corrected chi connectivity index (χ4v) is 7.49. The third-order valence-corrected chi connectivity index (χ3v) is 11.7. The zero-order valence-electron chi connectivity index (χ0n) is 39.7. The molecule has 9 heteroatoms. The molecule has 60 heavy (non-hydrogen) atoms. The summed E-state index contributed by atoms with van der Waals surface area (Å²) in [4.78, 5) is 23.2. The van der Waals surface area contributed by atoms with Gasteiger partial charge in [-0.15, -0.1) is 0 Å². The molecule has 350 valence electrons. The monoisotopic (exact) mass is 864 g/mol. The quantitative estimate of drug-likeness (QED) is 0.0244. The summed E-state index contributed by atoms with van der Waals surface area (Å²) in [7, 11) is 1.54. The number of allylic oxidation sites excluding steroid dienone is 9. The van der Waals surface area contributed by atoms with Crippen molar-refractivity contribution >= 4 is 13.7 Å². The first-order valence-corrected chi connectivity index (χ1v) is 26.2. The Labute approximate surface area is 371 Å². The highest BCUT2D eigenvalue weighted by Crippen LogP contribution is 2.43. The van der Waals surface area contributed by atoms with Crippen LogP contribution in [0.25, 0.3) is 0 Å². The van der Waals surface area contributed by atoms with E-state index in [4.69, 9.17) is 9.05 Å². The van der Waals surface area contributed by atoms with E-state index in [1.165, 1.54) is 128 Å². The summed E-state index contributed by atoms with van der Waals surface area (Å²) in [6, 6.07) is -0.873. The number of nitrogens with zero attached hydrogens (tertiary/aromatic N) is 1. The van der Waals surface area contributed by atoms with E-state index in [2.05, 4.69) is 67.8 Å². The third-order valence-electron chi connectivity index (χ3n) is 10.7. The number of unbranched alkanes of at least 4 members (excludes halogenated alkanes) is 23. The van der Waals surface area contributed by atoms with Crippen LogP contribution in [0.5, 0.6) is 0 Å². The lowest BCUT2D eigenvalue weighted by Gasteiger charge is -2.25. The Kier molecular flexibility index (Phi) is 41.2. The highest BCUT2D eigenvalue weighted by Gasteiger charge is 2.27. The Morgan fingerprint density at radius 2 is 0.967 bits per heavy atom. The number of phosphoric acid groups is 1. The maximum atomic E-state index is 12.9. The van der Waals surface area contributed by atoms with E-state index in [-0.39, 0.29) is 19.1 Å². The number of likely N-dealkylation sites (N-methyl/N-ethyl adjacent to an activating group) is 1. The molecule has 0 saturated carbocycles. The fraction of sp³-hybridized carbons (Fsp3) is 0.784. The molecule has 0 rings (SSSR count). The zero-order valence-corrected chi connectivity index (χ0v) is 40.6. The van der Waals surface area contributed by atoms with Gasteiger partial charge in [0.05, 0.1) is 39.9 Å². The lowest BCUT2D eigenvalue weighted by molar-refractivity contribution is -0.870. The van der Waals surface area contributed by atoms with Crippen molar-refractivity contribution in [2.75, 3.05) is 40.9 Å². The van der Waals surface area contributed by atoms with Crippen LogP contribution < -0.4 is 5.32 Å². The van der Waals surface area contributed by atoms with Gasteiger partial charge < -0.3 is 19.8 Å². The molecule has 0 bridgehead atoms. The Morgan fingerprint density at radius 3 is 1.47 bits per heavy atom. The predicted octanol–water partition coefficient (Wildman–Crippen LogP) is 14.2. The Bertz CT molecular complexity index is 1160. The highest BCUT2D eigenvalue weighted by molar-refractivity contribution is 7.47. The molecule has 0 radical (unpaired) electrons. The Morgan fingerprint density at radius 1 is 0.567 bits per heavy atom. The van der Waals surface area contributed by atoms with Gasteiger partial charge >= 0.3 is 7.82 Å². The van der Waals surface area contributed by atoms with Crippen LogP contribution in [0.4, 0.5) is 0 Å². The van der Waals surface area contributed by atoms with E-state index in [0.29, 0.717) is 17.4 Å². The molecule has 0 aromatic heterocycles. The molecule has 3 unspecified atom stereocenters. The number of hydrogen-bond acceptors (Lipinski definition) is 5. The van der Waals surface area contributed by atoms with E-state index in [1.807, 2.05) is 27.2 Å². The van der Waals surface area contributed by atoms with Gasteiger partial charge in [-0.05, 0) is 77.0 Å². The van der Waals surface area contributed by atoms with E-state index in [0.717, 1.165) is 57.8 Å². The fourth-order valence-electron chi connectivity index (χ4n) is 6.75. The maximum absolute atomic E-state index is 12.9. The smallest absolute Gasteiger partial charge is 0.387 e. The summed E-state index contributed by atoms with van der Waals surface area (Å²) >= 11 is 0. The summed E-state index contributed by atoms with van der Waals surface area (Å²) in [5.41, 5.74) is 0. The van der Waals surface area contributed by atoms with Crippen LogP contribution in [0.2, 0.25) is 0 Å². The minimum atomic E-state index is -4.35. The number of aliphatic hydroxyl groups is 1. The van der Waals surface area contributed by atoms with Crippen LogP contribution in [0.3, 0.4) is 0 Å². The highest BCUT2D eigenvalue weighted by atomic mass is 31.2. The van der Waals surface area contributed by atoms with Crippen molar-refractivity contribution in [1.29, 1.82) is 0 Å². The van der Waals surface area contributed by atoms with Crippen molar-refractivity contribution in [2.45, 2.75) is 219 Å². The van der Waals surface area contributed by atoms with Crippen LogP contribution in [0.15, 0.2) is 60.8 Å². The molecule has 0 heterocycles. The second kappa shape index (κ2) is 42.5. The Hall–Kier alpha value is -1.80. The van der Waals surface area contributed by atoms with Crippen molar-refractivity contribution in [3.05, 3.63) is 60.8 Å². The number of aliphatic hydroxyl groups excluding tert-OH is 1. The molecule has 3 atom stereocenters. The number of carbonyl (C=O) groups is 1. The Balaban J connectivity index is 4.30. The summed E-state index contributed by atoms with van der Waals surface area (Å²) in [6.45, 7) is 4.74. The molecule has 0 fully saturated rings. The van der Waals surface area contributed by atoms with Crippen molar-refractivity contribution in [3.63, 3.8) is 0 Å². The minimum Gasteiger partial charge on any atom is -0.387 e. The van der Waals surface area contributed by atoms with Crippen LogP contribution in [0.1, 0.15) is 206 Å². The third kappa shape index (κ3) is 44.3. The van der Waals surface area contributed by atoms with Crippen LogP contribution in [-0.4, -0.2) is 73.4 Å². The molecule has 8 nitrogen and oxygen atoms in total. The van der Waals surface area contributed by atoms with Crippen LogP contribution in [-0.2, 0) is 18.4 Å². The molecule has 0 aromatic rings. The minimum absolute atomic E-state index is 0.0505. The molecular formula is C51H96N2O6P+. The lowest BCUT2D eigenvalue weighted by Crippen LogP contribution is -2.45. The molecule has 3 N–H and O–H groups in total. The standard InChI is InChI=1S/C51H95N2O6P/c1-6-8-10-12-14-16-18-20-21-22-23-24-25-26-27-28-29-30-31-33-35-37-39-41-43-45-51(55)52-49(48-59-60(56,57)58-47-46-53(3,4)5)50(54)44-42-40-38-36-34-32-19-17-15-13-11-9-7-2/h15,17,23-24,26-27,34,36,42,44,49-50,54H,6-14,16,18-22,25,28-33,35,37-41,43,45-48H2,1-5H3,(H-,52,55,56,57)/p+1/b17-15+,24-23-,27-26-,36-34+,44-42+. The topological polar surface area (TPSA) is 105 Å². The normalized spacial score (nSPS) is 14.7. The maximum Gasteiger partial charge on any atom is 0.472 e. The van der Waals surface area contributed by atoms with E-state index >= 15 is 0 Å². The lowest BCUT2D eigenvalue weighted by atomic mass is 10.1. The summed E-state index contributed by atoms with van der Waals surface area (Å²) in [5.74, 6) is -0.198. The molecule has 0 spiro atoms. The molecule has 0 aliphatic heterocycles. The molecular weight excluding hydrogens is 768 g/mol. The van der Waals surface area contributed by atoms with Gasteiger partial charge in [-0.25, -0.2) is 4.57 Å². The van der Waals surface area contributed by atoms with E-state index in [1.54, 1.807) is 6.08 Å². The van der Waals surface area contributed by atoms with Crippen LogP contribution >= 0.6 is 7.82 Å². The predicted molar refractivity (Wildman–Crippen MR) is 258 cm³/mol. The first-order chi connectivity index (χ1) is 29.0. The molecule has 1 amide bonds. The molecule has 0 aliphatic rings. The summed E-state index contributed by atoms with van der Waals surface area (Å²) in [5, 5.41) is 13.8. The number of nitrogens with one attached hydrogen (secondary N) is 1. The van der Waals surface area contributed by atoms with Gasteiger partial charge in [0, 0.05) is 6.42 Å². The van der Waals surface area contributed by atoms with Gasteiger partial charge in [-0.2, -0.15) is 0 Å². The van der Waals surface area contributed by atoms with Crippen molar-refractivity contribution in [2.24, 2.45) is 0 Å². The first-order valence-electron chi connectivity index (χ1n) is 24.7. The zero-order chi connectivity index (χ0) is 44.3. The van der Waals surface area contributed by atoms with Crippen molar-refractivity contribution < 1.29 is 32.9 Å². The number of rotatable bonds is 44. The first kappa shape index (κ1) is 58.2. The van der Waals surface area contributed by atoms with E-state index in [9.17, 15) is 19.4 Å². The van der Waals surface area contributed by atoms with Gasteiger partial charge in [0.25, 0.3) is 0 Å². The average Bonchev–Trinajstić information content (AvgIpc) is 3.20. The van der Waals surface area contributed by atoms with Gasteiger partial charge in [0.2, 0.25) is 5.91 Å². The number of carbonyl (C=O) groups excluding carboxylic acids is 1. The van der Waals surface area contributed by atoms with Crippen molar-refractivity contribution in [1.82, 2.24) is 5.32 Å². The largest absolute Gasteiger partial charge is 0.472 e. The molecule has 0 aliphatic carbocycles. The average molecular weight is 864 g/mol. The number of hydrogen-bond donors (Lipinski definition) is 3. The van der Waals surface area contributed by atoms with Gasteiger partial charge in [0.15, 0.2) is 0 Å². The van der Waals surface area contributed by atoms with Crippen LogP contribution in [0, 0.1) is 0 Å². The van der Waals surface area contributed by atoms with Gasteiger partial charge in [0.1, 0.15) is 13.2 Å². The SMILES string of the molecule is CCCCC/C=C/CC/C=C/CC/C=C/C(O)C(COP(=O)(O)OCC[N+](C)(C)C)NC(=O)CCCCCCCCCCC/C=C\C/C=C\CCCCCCCCCCC. The summed E-state index contributed by atoms with van der Waals surface area (Å²) < 4.78 is 23.6. The van der Waals surface area contributed by atoms with Crippen molar-refractivity contribution in [3.8, 4) is 0 Å². The summed E-state index contributed by atoms with van der Waals surface area (Å²) in [6.07, 6.45) is 55.9. The second-order valence-corrected chi connectivity index (χ2v) is 19.3. The molecule has 0 saturated heterocycles. The van der Waals surface area contributed by atoms with Gasteiger partial charge in [-0.3, -0.25) is 13.8 Å². The second-order valence-electron chi connectivity index (χ2n) is 17.8. The number of amides is 1. The van der Waals surface area contributed by atoms with E-state index < -0.39 is 20.0 Å². The molecule has 0 aromatic carbocycles.